The highest BCUT2D eigenvalue weighted by atomic mass is 16.5. The van der Waals surface area contributed by atoms with Gasteiger partial charge < -0.3 is 14.0 Å². The summed E-state index contributed by atoms with van der Waals surface area (Å²) in [6.07, 6.45) is 1.87. The van der Waals surface area contributed by atoms with Crippen molar-refractivity contribution in [2.75, 3.05) is 13.7 Å². The minimum absolute atomic E-state index is 0.302. The molecule has 0 aliphatic rings. The second-order valence-corrected chi connectivity index (χ2v) is 4.56. The van der Waals surface area contributed by atoms with Gasteiger partial charge in [-0.25, -0.2) is 4.79 Å². The van der Waals surface area contributed by atoms with Gasteiger partial charge in [-0.1, -0.05) is 17.7 Å². The Kier molecular flexibility index (Phi) is 4.45. The maximum Gasteiger partial charge on any atom is 0.354 e. The number of aryl methyl sites for hydroxylation is 1. The Morgan fingerprint density at radius 1 is 1.30 bits per heavy atom. The van der Waals surface area contributed by atoms with Crippen molar-refractivity contribution in [3.63, 3.8) is 0 Å². The number of methoxy groups -OCH3 is 1. The van der Waals surface area contributed by atoms with Crippen LogP contribution in [0.2, 0.25) is 0 Å². The van der Waals surface area contributed by atoms with Gasteiger partial charge in [-0.3, -0.25) is 0 Å². The lowest BCUT2D eigenvalue weighted by Gasteiger charge is -2.12. The highest BCUT2D eigenvalue weighted by molar-refractivity contribution is 5.87. The van der Waals surface area contributed by atoms with Gasteiger partial charge in [0.15, 0.2) is 0 Å². The van der Waals surface area contributed by atoms with Gasteiger partial charge in [-0.2, -0.15) is 0 Å². The maximum atomic E-state index is 11.9. The zero-order valence-corrected chi connectivity index (χ0v) is 12.1. The van der Waals surface area contributed by atoms with E-state index in [4.69, 9.17) is 9.47 Å². The van der Waals surface area contributed by atoms with E-state index in [2.05, 4.69) is 6.07 Å². The number of rotatable bonds is 5. The Labute approximate surface area is 118 Å². The number of benzene rings is 1. The monoisotopic (exact) mass is 273 g/mol. The van der Waals surface area contributed by atoms with Crippen LogP contribution in [0, 0.1) is 6.92 Å². The highest BCUT2D eigenvalue weighted by Gasteiger charge is 2.13. The lowest BCUT2D eigenvalue weighted by molar-refractivity contribution is 0.0514. The standard InChI is InChI=1S/C16H19NO3/c1-4-20-16(18)14-6-5-9-17(14)11-13-10-12(2)7-8-15(13)19-3/h5-10H,4,11H2,1-3H3. The van der Waals surface area contributed by atoms with Crippen LogP contribution in [0.3, 0.4) is 0 Å². The molecule has 2 aromatic rings. The molecule has 0 radical (unpaired) electrons. The molecule has 4 heteroatoms. The first-order chi connectivity index (χ1) is 9.65. The minimum atomic E-state index is -0.302. The van der Waals surface area contributed by atoms with E-state index in [1.54, 1.807) is 20.1 Å². The lowest BCUT2D eigenvalue weighted by atomic mass is 10.1. The molecule has 1 aromatic heterocycles. The van der Waals surface area contributed by atoms with Crippen molar-refractivity contribution in [2.45, 2.75) is 20.4 Å². The molecule has 20 heavy (non-hydrogen) atoms. The molecule has 4 nitrogen and oxygen atoms in total. The molecule has 0 fully saturated rings. The molecule has 0 spiro atoms. The van der Waals surface area contributed by atoms with E-state index >= 15 is 0 Å². The zero-order chi connectivity index (χ0) is 14.5. The Morgan fingerprint density at radius 2 is 2.10 bits per heavy atom. The zero-order valence-electron chi connectivity index (χ0n) is 12.1. The van der Waals surface area contributed by atoms with Crippen LogP contribution in [0.1, 0.15) is 28.5 Å². The van der Waals surface area contributed by atoms with Gasteiger partial charge in [0.25, 0.3) is 0 Å². The van der Waals surface area contributed by atoms with Crippen LogP contribution in [-0.4, -0.2) is 24.3 Å². The average molecular weight is 273 g/mol. The van der Waals surface area contributed by atoms with Crippen molar-refractivity contribution < 1.29 is 14.3 Å². The molecule has 0 bridgehead atoms. The van der Waals surface area contributed by atoms with E-state index in [9.17, 15) is 4.79 Å². The van der Waals surface area contributed by atoms with Crippen LogP contribution in [0.5, 0.6) is 5.75 Å². The van der Waals surface area contributed by atoms with Crippen molar-refractivity contribution in [2.24, 2.45) is 0 Å². The van der Waals surface area contributed by atoms with Gasteiger partial charge >= 0.3 is 5.97 Å². The summed E-state index contributed by atoms with van der Waals surface area (Å²) in [5, 5.41) is 0. The topological polar surface area (TPSA) is 40.5 Å². The summed E-state index contributed by atoms with van der Waals surface area (Å²) in [6, 6.07) is 9.62. The number of aromatic nitrogens is 1. The van der Waals surface area contributed by atoms with Crippen molar-refractivity contribution in [3.8, 4) is 5.75 Å². The molecule has 0 N–H and O–H groups in total. The van der Waals surface area contributed by atoms with Crippen LogP contribution in [-0.2, 0) is 11.3 Å². The van der Waals surface area contributed by atoms with Crippen molar-refractivity contribution >= 4 is 5.97 Å². The second-order valence-electron chi connectivity index (χ2n) is 4.56. The largest absolute Gasteiger partial charge is 0.496 e. The molecule has 0 unspecified atom stereocenters. The molecule has 0 atom stereocenters. The molecule has 0 saturated carbocycles. The van der Waals surface area contributed by atoms with Gasteiger partial charge in [0.1, 0.15) is 11.4 Å². The molecule has 1 heterocycles. The molecule has 106 valence electrons. The first-order valence-corrected chi connectivity index (χ1v) is 6.61. The Morgan fingerprint density at radius 3 is 2.80 bits per heavy atom. The van der Waals surface area contributed by atoms with Crippen LogP contribution in [0.15, 0.2) is 36.5 Å². The summed E-state index contributed by atoms with van der Waals surface area (Å²) in [6.45, 7) is 4.78. The molecule has 0 aliphatic heterocycles. The Bertz CT molecular complexity index is 602. The van der Waals surface area contributed by atoms with Gasteiger partial charge in [-0.15, -0.1) is 0 Å². The lowest BCUT2D eigenvalue weighted by Crippen LogP contribution is -2.12. The van der Waals surface area contributed by atoms with E-state index in [0.29, 0.717) is 18.8 Å². The van der Waals surface area contributed by atoms with E-state index in [1.807, 2.05) is 35.9 Å². The number of nitrogens with zero attached hydrogens (tertiary/aromatic N) is 1. The van der Waals surface area contributed by atoms with Crippen LogP contribution in [0.4, 0.5) is 0 Å². The number of carbonyl (C=O) groups is 1. The second kappa shape index (κ2) is 6.28. The summed E-state index contributed by atoms with van der Waals surface area (Å²) in [5.74, 6) is 0.517. The van der Waals surface area contributed by atoms with E-state index < -0.39 is 0 Å². The van der Waals surface area contributed by atoms with Gasteiger partial charge in [-0.05, 0) is 32.0 Å². The SMILES string of the molecule is CCOC(=O)c1cccn1Cc1cc(C)ccc1OC. The third-order valence-electron chi connectivity index (χ3n) is 3.09. The third-order valence-corrected chi connectivity index (χ3v) is 3.09. The summed E-state index contributed by atoms with van der Waals surface area (Å²) >= 11 is 0. The number of hydrogen-bond donors (Lipinski definition) is 0. The molecule has 2 rings (SSSR count). The van der Waals surface area contributed by atoms with Crippen molar-refractivity contribution in [1.29, 1.82) is 0 Å². The van der Waals surface area contributed by atoms with E-state index in [0.717, 1.165) is 16.9 Å². The molecule has 1 aromatic carbocycles. The summed E-state index contributed by atoms with van der Waals surface area (Å²) in [7, 11) is 1.65. The number of ether oxygens (including phenoxy) is 2. The number of esters is 1. The molecular formula is C16H19NO3. The van der Waals surface area contributed by atoms with Gasteiger partial charge in [0, 0.05) is 11.8 Å². The first-order valence-electron chi connectivity index (χ1n) is 6.61. The summed E-state index contributed by atoms with van der Waals surface area (Å²) < 4.78 is 12.3. The smallest absolute Gasteiger partial charge is 0.354 e. The van der Waals surface area contributed by atoms with Crippen molar-refractivity contribution in [1.82, 2.24) is 4.57 Å². The molecule has 0 aliphatic carbocycles. The maximum absolute atomic E-state index is 11.9. The van der Waals surface area contributed by atoms with E-state index in [-0.39, 0.29) is 5.97 Å². The molecular weight excluding hydrogens is 254 g/mol. The fourth-order valence-electron chi connectivity index (χ4n) is 2.16. The summed E-state index contributed by atoms with van der Waals surface area (Å²) in [4.78, 5) is 11.9. The van der Waals surface area contributed by atoms with Gasteiger partial charge in [0.2, 0.25) is 0 Å². The molecule has 0 saturated heterocycles. The average Bonchev–Trinajstić information content (AvgIpc) is 2.87. The number of carbonyl (C=O) groups excluding carboxylic acids is 1. The van der Waals surface area contributed by atoms with Gasteiger partial charge in [0.05, 0.1) is 20.3 Å². The number of hydrogen-bond acceptors (Lipinski definition) is 3. The quantitative estimate of drug-likeness (QED) is 0.786. The van der Waals surface area contributed by atoms with Crippen molar-refractivity contribution in [3.05, 3.63) is 53.3 Å². The Hall–Kier alpha value is -2.23. The molecule has 0 amide bonds. The predicted molar refractivity (Wildman–Crippen MR) is 77.2 cm³/mol. The third kappa shape index (κ3) is 3.02. The summed E-state index contributed by atoms with van der Waals surface area (Å²) in [5.41, 5.74) is 2.75. The van der Waals surface area contributed by atoms with E-state index in [1.165, 1.54) is 0 Å². The van der Waals surface area contributed by atoms with Crippen LogP contribution >= 0.6 is 0 Å². The van der Waals surface area contributed by atoms with Crippen LogP contribution in [0.25, 0.3) is 0 Å². The van der Waals surface area contributed by atoms with Crippen LogP contribution < -0.4 is 4.74 Å². The fourth-order valence-corrected chi connectivity index (χ4v) is 2.16. The first kappa shape index (κ1) is 14.2. The fraction of sp³-hybridized carbons (Fsp3) is 0.312. The Balaban J connectivity index is 2.29. The highest BCUT2D eigenvalue weighted by Crippen LogP contribution is 2.21. The normalized spacial score (nSPS) is 10.3. The predicted octanol–water partition coefficient (Wildman–Crippen LogP) is 3.03. The minimum Gasteiger partial charge on any atom is -0.496 e.